The Labute approximate surface area is 179 Å². The van der Waals surface area contributed by atoms with E-state index in [1.165, 1.54) is 25.3 Å². The highest BCUT2D eigenvalue weighted by molar-refractivity contribution is 7.89. The molecule has 0 fully saturated rings. The van der Waals surface area contributed by atoms with Gasteiger partial charge in [-0.25, -0.2) is 18.1 Å². The van der Waals surface area contributed by atoms with Gasteiger partial charge in [-0.3, -0.25) is 4.79 Å². The lowest BCUT2D eigenvalue weighted by Crippen LogP contribution is -2.31. The van der Waals surface area contributed by atoms with Crippen LogP contribution in [-0.2, 0) is 16.4 Å². The van der Waals surface area contributed by atoms with Crippen molar-refractivity contribution in [3.63, 3.8) is 0 Å². The largest absolute Gasteiger partial charge is 0.497 e. The Morgan fingerprint density at radius 1 is 1.13 bits per heavy atom. The van der Waals surface area contributed by atoms with Crippen molar-refractivity contribution in [1.29, 1.82) is 0 Å². The van der Waals surface area contributed by atoms with E-state index in [1.54, 1.807) is 19.1 Å². The first-order chi connectivity index (χ1) is 14.9. The maximum Gasteiger partial charge on any atom is 0.251 e. The highest BCUT2D eigenvalue weighted by Gasteiger charge is 2.24. The molecule has 2 aromatic heterocycles. The first-order valence-electron chi connectivity index (χ1n) is 9.65. The minimum Gasteiger partial charge on any atom is -0.497 e. The Balaban J connectivity index is 1.73. The normalized spacial score (nSPS) is 12.7. The van der Waals surface area contributed by atoms with E-state index in [-0.39, 0.29) is 10.5 Å². The van der Waals surface area contributed by atoms with E-state index in [0.717, 1.165) is 16.5 Å². The van der Waals surface area contributed by atoms with E-state index in [9.17, 15) is 13.2 Å². The van der Waals surface area contributed by atoms with E-state index in [2.05, 4.69) is 19.7 Å². The summed E-state index contributed by atoms with van der Waals surface area (Å²) in [6.07, 6.45) is 2.16. The van der Waals surface area contributed by atoms with Crippen LogP contribution in [0, 0.1) is 6.92 Å². The fourth-order valence-electron chi connectivity index (χ4n) is 3.52. The minimum absolute atomic E-state index is 0.0961. The molecule has 3 N–H and O–H groups in total. The molecule has 0 saturated carbocycles. The van der Waals surface area contributed by atoms with Gasteiger partial charge in [-0.15, -0.1) is 0 Å². The molecule has 0 bridgehead atoms. The van der Waals surface area contributed by atoms with Gasteiger partial charge in [0.25, 0.3) is 5.56 Å². The molecular formula is C22H22N4O4S. The van der Waals surface area contributed by atoms with E-state index >= 15 is 0 Å². The van der Waals surface area contributed by atoms with Crippen molar-refractivity contribution in [2.45, 2.75) is 24.3 Å². The van der Waals surface area contributed by atoms with Gasteiger partial charge in [-0.05, 0) is 49.2 Å². The molecule has 9 heteroatoms. The second-order valence-electron chi connectivity index (χ2n) is 7.17. The Morgan fingerprint density at radius 3 is 2.58 bits per heavy atom. The zero-order chi connectivity index (χ0) is 22.0. The molecule has 0 radical (unpaired) electrons. The molecule has 2 heterocycles. The summed E-state index contributed by atoms with van der Waals surface area (Å²) in [5.41, 5.74) is 1.88. The van der Waals surface area contributed by atoms with Crippen LogP contribution < -0.4 is 15.0 Å². The van der Waals surface area contributed by atoms with Gasteiger partial charge in [0.05, 0.1) is 23.7 Å². The molecule has 2 aromatic carbocycles. The van der Waals surface area contributed by atoms with Crippen LogP contribution in [0.2, 0.25) is 0 Å². The minimum atomic E-state index is -3.88. The van der Waals surface area contributed by atoms with Crippen LogP contribution in [0.15, 0.2) is 70.5 Å². The van der Waals surface area contributed by atoms with Crippen LogP contribution in [0.4, 0.5) is 0 Å². The number of H-pyrrole nitrogens is 2. The molecule has 4 aromatic rings. The number of hydrogen-bond acceptors (Lipinski definition) is 5. The summed E-state index contributed by atoms with van der Waals surface area (Å²) in [6.45, 7) is 1.66. The molecule has 1 atom stereocenters. The Bertz CT molecular complexity index is 1370. The van der Waals surface area contributed by atoms with Gasteiger partial charge in [-0.1, -0.05) is 18.2 Å². The van der Waals surface area contributed by atoms with Crippen LogP contribution in [0.1, 0.15) is 23.1 Å². The number of hydrogen-bond donors (Lipinski definition) is 3. The van der Waals surface area contributed by atoms with Crippen LogP contribution in [-0.4, -0.2) is 30.5 Å². The predicted octanol–water partition coefficient (Wildman–Crippen LogP) is 2.83. The lowest BCUT2D eigenvalue weighted by molar-refractivity contribution is 0.414. The van der Waals surface area contributed by atoms with Gasteiger partial charge < -0.3 is 14.7 Å². The maximum atomic E-state index is 13.1. The van der Waals surface area contributed by atoms with Crippen molar-refractivity contribution in [2.75, 3.05) is 7.11 Å². The SMILES string of the molecule is COc1ccc(S(=O)(=O)NC(Cc2c[nH]c3ccccc23)c2cc(=O)[nH]c(C)n2)cc1. The van der Waals surface area contributed by atoms with Gasteiger partial charge >= 0.3 is 0 Å². The molecule has 31 heavy (non-hydrogen) atoms. The highest BCUT2D eigenvalue weighted by Crippen LogP contribution is 2.25. The molecule has 1 unspecified atom stereocenters. The number of ether oxygens (including phenoxy) is 1. The number of para-hydroxylation sites is 1. The zero-order valence-corrected chi connectivity index (χ0v) is 17.9. The first kappa shape index (κ1) is 20.8. The van der Waals surface area contributed by atoms with E-state index in [0.29, 0.717) is 23.7 Å². The fraction of sp³-hybridized carbons (Fsp3) is 0.182. The number of nitrogens with zero attached hydrogens (tertiary/aromatic N) is 1. The van der Waals surface area contributed by atoms with Gasteiger partial charge in [0.1, 0.15) is 11.6 Å². The second-order valence-corrected chi connectivity index (χ2v) is 8.88. The van der Waals surface area contributed by atoms with Crippen molar-refractivity contribution >= 4 is 20.9 Å². The molecule has 0 saturated heterocycles. The summed E-state index contributed by atoms with van der Waals surface area (Å²) < 4.78 is 34.0. The van der Waals surface area contributed by atoms with Crippen LogP contribution in [0.3, 0.4) is 0 Å². The molecule has 4 rings (SSSR count). The Morgan fingerprint density at radius 2 is 1.87 bits per heavy atom. The number of aromatic amines is 2. The molecule has 160 valence electrons. The predicted molar refractivity (Wildman–Crippen MR) is 118 cm³/mol. The average molecular weight is 439 g/mol. The Hall–Kier alpha value is -3.43. The summed E-state index contributed by atoms with van der Waals surface area (Å²) in [4.78, 5) is 22.3. The topological polar surface area (TPSA) is 117 Å². The quantitative estimate of drug-likeness (QED) is 0.410. The second kappa shape index (κ2) is 8.37. The van der Waals surface area contributed by atoms with Gasteiger partial charge in [0.2, 0.25) is 10.0 Å². The van der Waals surface area contributed by atoms with Crippen LogP contribution >= 0.6 is 0 Å². The van der Waals surface area contributed by atoms with Crippen molar-refractivity contribution in [2.24, 2.45) is 0 Å². The number of rotatable bonds is 7. The molecule has 0 aliphatic rings. The third-order valence-electron chi connectivity index (χ3n) is 5.00. The third kappa shape index (κ3) is 4.52. The van der Waals surface area contributed by atoms with Crippen molar-refractivity contribution < 1.29 is 13.2 Å². The van der Waals surface area contributed by atoms with Crippen LogP contribution in [0.5, 0.6) is 5.75 Å². The number of methoxy groups -OCH3 is 1. The molecule has 0 spiro atoms. The standard InChI is InChI=1S/C22H22N4O4S/c1-14-24-20(12-22(27)25-14)21(11-15-13-23-19-6-4-3-5-18(15)19)26-31(28,29)17-9-7-16(30-2)8-10-17/h3-10,12-13,21,23,26H,11H2,1-2H3,(H,24,25,27). The molecule has 0 amide bonds. The number of aromatic nitrogens is 3. The Kier molecular flexibility index (Phi) is 5.62. The summed E-state index contributed by atoms with van der Waals surface area (Å²) in [7, 11) is -2.37. The van der Waals surface area contributed by atoms with Crippen LogP contribution in [0.25, 0.3) is 10.9 Å². The fourth-order valence-corrected chi connectivity index (χ4v) is 4.73. The monoisotopic (exact) mass is 438 g/mol. The number of benzene rings is 2. The number of nitrogens with one attached hydrogen (secondary N) is 3. The lowest BCUT2D eigenvalue weighted by atomic mass is 10.0. The smallest absolute Gasteiger partial charge is 0.251 e. The zero-order valence-electron chi connectivity index (χ0n) is 17.0. The van der Waals surface area contributed by atoms with Gasteiger partial charge in [0.15, 0.2) is 0 Å². The molecular weight excluding hydrogens is 416 g/mol. The molecule has 0 aliphatic carbocycles. The van der Waals surface area contributed by atoms with Gasteiger partial charge in [-0.2, -0.15) is 0 Å². The summed E-state index contributed by atoms with van der Waals surface area (Å²) >= 11 is 0. The highest BCUT2D eigenvalue weighted by atomic mass is 32.2. The molecule has 8 nitrogen and oxygen atoms in total. The number of fused-ring (bicyclic) bond motifs is 1. The van der Waals surface area contributed by atoms with Crippen molar-refractivity contribution in [3.8, 4) is 5.75 Å². The van der Waals surface area contributed by atoms with Gasteiger partial charge in [0, 0.05) is 23.2 Å². The summed E-state index contributed by atoms with van der Waals surface area (Å²) in [6, 6.07) is 14.5. The van der Waals surface area contributed by atoms with Crippen molar-refractivity contribution in [1.82, 2.24) is 19.7 Å². The number of sulfonamides is 1. The molecule has 0 aliphatic heterocycles. The summed E-state index contributed by atoms with van der Waals surface area (Å²) in [5.74, 6) is 0.969. The number of aryl methyl sites for hydroxylation is 1. The van der Waals surface area contributed by atoms with Crippen molar-refractivity contribution in [3.05, 3.63) is 88.2 Å². The maximum absolute atomic E-state index is 13.1. The third-order valence-corrected chi connectivity index (χ3v) is 6.49. The first-order valence-corrected chi connectivity index (χ1v) is 11.1. The summed E-state index contributed by atoms with van der Waals surface area (Å²) in [5, 5.41) is 0.984. The van der Waals surface area contributed by atoms with E-state index < -0.39 is 16.1 Å². The van der Waals surface area contributed by atoms with E-state index in [1.807, 2.05) is 30.5 Å². The average Bonchev–Trinajstić information content (AvgIpc) is 3.15. The lowest BCUT2D eigenvalue weighted by Gasteiger charge is -2.19. The van der Waals surface area contributed by atoms with E-state index in [4.69, 9.17) is 4.74 Å².